The van der Waals surface area contributed by atoms with Gasteiger partial charge in [0.05, 0.1) is 5.92 Å². The summed E-state index contributed by atoms with van der Waals surface area (Å²) in [5.41, 5.74) is -0.254. The standard InChI is InChI=1S/C13H24N2O3/c1-4-8-13(2,3)15-12(18)14-10-7-5-6-9(10)11(16)17/h9-10H,4-8H2,1-3H3,(H,16,17)(H2,14,15,18). The Hall–Kier alpha value is -1.26. The van der Waals surface area contributed by atoms with E-state index in [0.717, 1.165) is 25.7 Å². The van der Waals surface area contributed by atoms with Gasteiger partial charge in [0, 0.05) is 11.6 Å². The van der Waals surface area contributed by atoms with Crippen molar-refractivity contribution in [1.82, 2.24) is 10.6 Å². The fraction of sp³-hybridized carbons (Fsp3) is 0.846. The monoisotopic (exact) mass is 256 g/mol. The van der Waals surface area contributed by atoms with Crippen LogP contribution in [0, 0.1) is 5.92 Å². The van der Waals surface area contributed by atoms with Gasteiger partial charge < -0.3 is 15.7 Å². The van der Waals surface area contributed by atoms with Gasteiger partial charge in [-0.1, -0.05) is 19.8 Å². The van der Waals surface area contributed by atoms with E-state index in [9.17, 15) is 9.59 Å². The van der Waals surface area contributed by atoms with Gasteiger partial charge >= 0.3 is 12.0 Å². The van der Waals surface area contributed by atoms with Crippen LogP contribution in [0.5, 0.6) is 0 Å². The Morgan fingerprint density at radius 2 is 2.00 bits per heavy atom. The molecule has 0 radical (unpaired) electrons. The van der Waals surface area contributed by atoms with Crippen LogP contribution in [0.1, 0.15) is 52.9 Å². The molecule has 0 heterocycles. The molecule has 1 saturated carbocycles. The maximum absolute atomic E-state index is 11.8. The van der Waals surface area contributed by atoms with E-state index in [-0.39, 0.29) is 17.6 Å². The average molecular weight is 256 g/mol. The minimum absolute atomic E-state index is 0.236. The van der Waals surface area contributed by atoms with Crippen molar-refractivity contribution in [1.29, 1.82) is 0 Å². The lowest BCUT2D eigenvalue weighted by Gasteiger charge is -2.27. The zero-order chi connectivity index (χ0) is 13.8. The average Bonchev–Trinajstić information content (AvgIpc) is 2.64. The van der Waals surface area contributed by atoms with Gasteiger partial charge in [-0.25, -0.2) is 4.79 Å². The van der Waals surface area contributed by atoms with E-state index in [1.54, 1.807) is 0 Å². The van der Waals surface area contributed by atoms with E-state index in [0.29, 0.717) is 6.42 Å². The van der Waals surface area contributed by atoms with Crippen LogP contribution in [0.4, 0.5) is 4.79 Å². The number of hydrogen-bond donors (Lipinski definition) is 3. The summed E-state index contributed by atoms with van der Waals surface area (Å²) in [4.78, 5) is 22.9. The van der Waals surface area contributed by atoms with Gasteiger partial charge in [0.1, 0.15) is 0 Å². The van der Waals surface area contributed by atoms with Gasteiger partial charge in [-0.05, 0) is 33.1 Å². The molecule has 1 fully saturated rings. The molecule has 2 amide bonds. The molecular weight excluding hydrogens is 232 g/mol. The largest absolute Gasteiger partial charge is 0.481 e. The zero-order valence-electron chi connectivity index (χ0n) is 11.5. The Kier molecular flexibility index (Phi) is 4.99. The quantitative estimate of drug-likeness (QED) is 0.705. The fourth-order valence-electron chi connectivity index (χ4n) is 2.63. The summed E-state index contributed by atoms with van der Waals surface area (Å²) in [5, 5.41) is 14.7. The number of nitrogens with one attached hydrogen (secondary N) is 2. The number of urea groups is 1. The maximum atomic E-state index is 11.8. The number of rotatable bonds is 5. The number of carbonyl (C=O) groups excluding carboxylic acids is 1. The second-order valence-corrected chi connectivity index (χ2v) is 5.71. The highest BCUT2D eigenvalue weighted by atomic mass is 16.4. The lowest BCUT2D eigenvalue weighted by Crippen LogP contribution is -2.52. The highest BCUT2D eigenvalue weighted by molar-refractivity contribution is 5.77. The van der Waals surface area contributed by atoms with Crippen LogP contribution < -0.4 is 10.6 Å². The molecule has 0 bridgehead atoms. The van der Waals surface area contributed by atoms with E-state index >= 15 is 0 Å². The smallest absolute Gasteiger partial charge is 0.315 e. The zero-order valence-corrected chi connectivity index (χ0v) is 11.5. The van der Waals surface area contributed by atoms with Gasteiger partial charge in [0.15, 0.2) is 0 Å². The molecule has 0 aromatic carbocycles. The molecule has 0 aromatic rings. The third-order valence-corrected chi connectivity index (χ3v) is 3.48. The number of aliphatic carboxylic acids is 1. The molecule has 18 heavy (non-hydrogen) atoms. The molecular formula is C13H24N2O3. The predicted octanol–water partition coefficient (Wildman–Crippen LogP) is 2.12. The first-order chi connectivity index (χ1) is 8.35. The van der Waals surface area contributed by atoms with Crippen molar-refractivity contribution in [3.05, 3.63) is 0 Å². The molecule has 5 heteroatoms. The lowest BCUT2D eigenvalue weighted by molar-refractivity contribution is -0.142. The van der Waals surface area contributed by atoms with Crippen molar-refractivity contribution >= 4 is 12.0 Å². The van der Waals surface area contributed by atoms with Crippen LogP contribution in [0.25, 0.3) is 0 Å². The first-order valence-electron chi connectivity index (χ1n) is 6.67. The fourth-order valence-corrected chi connectivity index (χ4v) is 2.63. The first-order valence-corrected chi connectivity index (χ1v) is 6.67. The van der Waals surface area contributed by atoms with Gasteiger partial charge in [-0.2, -0.15) is 0 Å². The second-order valence-electron chi connectivity index (χ2n) is 5.71. The Bertz CT molecular complexity index is 315. The highest BCUT2D eigenvalue weighted by Crippen LogP contribution is 2.25. The molecule has 1 aliphatic rings. The van der Waals surface area contributed by atoms with Crippen LogP contribution in [-0.2, 0) is 4.79 Å². The molecule has 3 N–H and O–H groups in total. The van der Waals surface area contributed by atoms with Crippen molar-refractivity contribution in [2.45, 2.75) is 64.5 Å². The second kappa shape index (κ2) is 6.07. The predicted molar refractivity (Wildman–Crippen MR) is 69.4 cm³/mol. The Morgan fingerprint density at radius 1 is 1.33 bits per heavy atom. The third kappa shape index (κ3) is 4.20. The summed E-state index contributed by atoms with van der Waals surface area (Å²) < 4.78 is 0. The molecule has 0 saturated heterocycles. The number of carboxylic acids is 1. The number of hydrogen-bond acceptors (Lipinski definition) is 2. The normalized spacial score (nSPS) is 23.7. The maximum Gasteiger partial charge on any atom is 0.315 e. The van der Waals surface area contributed by atoms with Crippen molar-refractivity contribution in [3.8, 4) is 0 Å². The molecule has 0 aliphatic heterocycles. The topological polar surface area (TPSA) is 78.4 Å². The van der Waals surface area contributed by atoms with Crippen LogP contribution in [0.15, 0.2) is 0 Å². The summed E-state index contributed by atoms with van der Waals surface area (Å²) in [6.07, 6.45) is 4.15. The molecule has 2 atom stereocenters. The molecule has 104 valence electrons. The van der Waals surface area contributed by atoms with Crippen LogP contribution in [0.3, 0.4) is 0 Å². The van der Waals surface area contributed by atoms with Crippen molar-refractivity contribution in [2.24, 2.45) is 5.92 Å². The number of carboxylic acid groups (broad SMARTS) is 1. The summed E-state index contributed by atoms with van der Waals surface area (Å²) >= 11 is 0. The van der Waals surface area contributed by atoms with E-state index in [4.69, 9.17) is 5.11 Å². The van der Waals surface area contributed by atoms with Crippen molar-refractivity contribution in [3.63, 3.8) is 0 Å². The van der Waals surface area contributed by atoms with Crippen LogP contribution in [-0.4, -0.2) is 28.7 Å². The van der Waals surface area contributed by atoms with Crippen LogP contribution >= 0.6 is 0 Å². The summed E-state index contributed by atoms with van der Waals surface area (Å²) in [6.45, 7) is 6.01. The molecule has 0 aromatic heterocycles. The molecule has 5 nitrogen and oxygen atoms in total. The minimum Gasteiger partial charge on any atom is -0.481 e. The first kappa shape index (κ1) is 14.8. The number of amides is 2. The molecule has 2 unspecified atom stereocenters. The summed E-state index contributed by atoms with van der Waals surface area (Å²) in [6, 6.07) is -0.494. The third-order valence-electron chi connectivity index (χ3n) is 3.48. The molecule has 1 aliphatic carbocycles. The Labute approximate surface area is 108 Å². The summed E-state index contributed by atoms with van der Waals surface area (Å²) in [5.74, 6) is -1.25. The minimum atomic E-state index is -0.814. The van der Waals surface area contributed by atoms with E-state index < -0.39 is 11.9 Å². The lowest BCUT2D eigenvalue weighted by atomic mass is 9.99. The number of carbonyl (C=O) groups is 2. The van der Waals surface area contributed by atoms with Crippen molar-refractivity contribution in [2.75, 3.05) is 0 Å². The molecule has 1 rings (SSSR count). The van der Waals surface area contributed by atoms with Gasteiger partial charge in [0.2, 0.25) is 0 Å². The Balaban J connectivity index is 2.47. The van der Waals surface area contributed by atoms with Gasteiger partial charge in [-0.3, -0.25) is 4.79 Å². The molecule has 0 spiro atoms. The SMILES string of the molecule is CCCC(C)(C)NC(=O)NC1CCCC1C(=O)O. The van der Waals surface area contributed by atoms with E-state index in [2.05, 4.69) is 17.6 Å². The van der Waals surface area contributed by atoms with E-state index in [1.807, 2.05) is 13.8 Å². The Morgan fingerprint density at radius 3 is 2.56 bits per heavy atom. The van der Waals surface area contributed by atoms with E-state index in [1.165, 1.54) is 0 Å². The van der Waals surface area contributed by atoms with Gasteiger partial charge in [-0.15, -0.1) is 0 Å². The van der Waals surface area contributed by atoms with Crippen molar-refractivity contribution < 1.29 is 14.7 Å². The highest BCUT2D eigenvalue weighted by Gasteiger charge is 2.34. The summed E-state index contributed by atoms with van der Waals surface area (Å²) in [7, 11) is 0. The van der Waals surface area contributed by atoms with Gasteiger partial charge in [0.25, 0.3) is 0 Å². The van der Waals surface area contributed by atoms with Crippen LogP contribution in [0.2, 0.25) is 0 Å².